The van der Waals surface area contributed by atoms with Gasteiger partial charge in [0, 0.05) is 38.4 Å². The van der Waals surface area contributed by atoms with Gasteiger partial charge in [0.1, 0.15) is 6.54 Å². The molecule has 7 nitrogen and oxygen atoms in total. The van der Waals surface area contributed by atoms with Crippen LogP contribution in [-0.4, -0.2) is 60.5 Å². The Hall–Kier alpha value is -1.88. The van der Waals surface area contributed by atoms with Gasteiger partial charge in [0.15, 0.2) is 0 Å². The number of alkyl halides is 3. The first-order valence-electron chi connectivity index (χ1n) is 7.49. The third-order valence-electron chi connectivity index (χ3n) is 3.89. The second-order valence-corrected chi connectivity index (χ2v) is 7.76. The maximum Gasteiger partial charge on any atom is 0.417 e. The normalized spacial score (nSPS) is 17.4. The molecule has 2 heterocycles. The van der Waals surface area contributed by atoms with E-state index in [1.165, 1.54) is 9.21 Å². The molecule has 1 fully saturated rings. The number of hydrogen-bond donors (Lipinski definition) is 0. The van der Waals surface area contributed by atoms with Gasteiger partial charge in [-0.1, -0.05) is 0 Å². The molecule has 25 heavy (non-hydrogen) atoms. The number of hydrogen-bond acceptors (Lipinski definition) is 4. The molecular formula is C14H18F3N3O4S. The largest absolute Gasteiger partial charge is 0.417 e. The van der Waals surface area contributed by atoms with Crippen LogP contribution in [0.4, 0.5) is 13.2 Å². The minimum Gasteiger partial charge on any atom is -0.340 e. The molecule has 0 aromatic carbocycles. The molecule has 1 amide bonds. The zero-order chi connectivity index (χ0) is 18.8. The lowest BCUT2D eigenvalue weighted by Gasteiger charge is -2.21. The molecule has 0 unspecified atom stereocenters. The van der Waals surface area contributed by atoms with E-state index in [-0.39, 0.29) is 26.2 Å². The number of nitrogens with zero attached hydrogens (tertiary/aromatic N) is 3. The van der Waals surface area contributed by atoms with Gasteiger partial charge in [-0.15, -0.1) is 0 Å². The molecule has 1 aromatic heterocycles. The smallest absolute Gasteiger partial charge is 0.340 e. The van der Waals surface area contributed by atoms with Crippen molar-refractivity contribution in [2.24, 2.45) is 0 Å². The topological polar surface area (TPSA) is 79.7 Å². The number of halogens is 3. The second-order valence-electron chi connectivity index (χ2n) is 5.78. The van der Waals surface area contributed by atoms with Crippen LogP contribution in [-0.2, 0) is 27.5 Å². The fourth-order valence-electron chi connectivity index (χ4n) is 2.54. The molecule has 0 spiro atoms. The van der Waals surface area contributed by atoms with E-state index < -0.39 is 39.8 Å². The quantitative estimate of drug-likeness (QED) is 0.757. The minimum absolute atomic E-state index is 0.113. The van der Waals surface area contributed by atoms with Crippen molar-refractivity contribution in [3.63, 3.8) is 0 Å². The Labute approximate surface area is 142 Å². The highest BCUT2D eigenvalue weighted by molar-refractivity contribution is 7.88. The van der Waals surface area contributed by atoms with Crippen molar-refractivity contribution in [3.05, 3.63) is 34.2 Å². The molecule has 2 rings (SSSR count). The second kappa shape index (κ2) is 7.16. The van der Waals surface area contributed by atoms with Gasteiger partial charge in [0.25, 0.3) is 5.56 Å². The molecule has 0 saturated carbocycles. The summed E-state index contributed by atoms with van der Waals surface area (Å²) in [6.07, 6.45) is -2.51. The molecule has 11 heteroatoms. The highest BCUT2D eigenvalue weighted by atomic mass is 32.2. The molecule has 0 radical (unpaired) electrons. The van der Waals surface area contributed by atoms with E-state index in [2.05, 4.69) is 0 Å². The first-order valence-corrected chi connectivity index (χ1v) is 9.34. The lowest BCUT2D eigenvalue weighted by molar-refractivity contribution is -0.138. The molecule has 140 valence electrons. The number of aromatic nitrogens is 1. The summed E-state index contributed by atoms with van der Waals surface area (Å²) in [5, 5.41) is 0. The number of carbonyl (C=O) groups excluding carboxylic acids is 1. The summed E-state index contributed by atoms with van der Waals surface area (Å²) >= 11 is 0. The maximum absolute atomic E-state index is 12.7. The lowest BCUT2D eigenvalue weighted by Crippen LogP contribution is -2.39. The van der Waals surface area contributed by atoms with Gasteiger partial charge >= 0.3 is 6.18 Å². The molecule has 1 aromatic rings. The number of pyridine rings is 1. The maximum atomic E-state index is 12.7. The minimum atomic E-state index is -4.61. The lowest BCUT2D eigenvalue weighted by atomic mass is 10.2. The Kier molecular flexibility index (Phi) is 5.57. The fourth-order valence-corrected chi connectivity index (χ4v) is 3.42. The van der Waals surface area contributed by atoms with Crippen LogP contribution in [0.5, 0.6) is 0 Å². The van der Waals surface area contributed by atoms with Gasteiger partial charge in [-0.3, -0.25) is 9.59 Å². The van der Waals surface area contributed by atoms with Crippen molar-refractivity contribution in [1.82, 2.24) is 13.8 Å². The first-order chi connectivity index (χ1) is 11.5. The Bertz CT molecular complexity index is 804. The van der Waals surface area contributed by atoms with E-state index in [0.29, 0.717) is 23.3 Å². The van der Waals surface area contributed by atoms with Crippen LogP contribution in [0.25, 0.3) is 0 Å². The predicted octanol–water partition coefficient (Wildman–Crippen LogP) is 0.361. The zero-order valence-corrected chi connectivity index (χ0v) is 14.3. The Morgan fingerprint density at radius 2 is 1.84 bits per heavy atom. The summed E-state index contributed by atoms with van der Waals surface area (Å²) in [5.41, 5.74) is -1.73. The van der Waals surface area contributed by atoms with Crippen molar-refractivity contribution >= 4 is 15.9 Å². The SMILES string of the molecule is CS(=O)(=O)N1CCCN(C(=O)Cn2cc(C(F)(F)F)ccc2=O)CC1. The van der Waals surface area contributed by atoms with Gasteiger partial charge < -0.3 is 9.47 Å². The van der Waals surface area contributed by atoms with E-state index in [1.54, 1.807) is 0 Å². The van der Waals surface area contributed by atoms with Gasteiger partial charge in [0.05, 0.1) is 11.8 Å². The standard InChI is InChI=1S/C14H18F3N3O4S/c1-25(23,24)20-6-2-5-18(7-8-20)13(22)10-19-9-11(14(15,16)17)3-4-12(19)21/h3-4,9H,2,5-8,10H2,1H3. The predicted molar refractivity (Wildman–Crippen MR) is 83.3 cm³/mol. The summed E-state index contributed by atoms with van der Waals surface area (Å²) in [7, 11) is -3.37. The van der Waals surface area contributed by atoms with Crippen molar-refractivity contribution in [1.29, 1.82) is 0 Å². The summed E-state index contributed by atoms with van der Waals surface area (Å²) in [4.78, 5) is 25.4. The molecule has 0 N–H and O–H groups in total. The molecule has 1 aliphatic rings. The number of rotatable bonds is 3. The van der Waals surface area contributed by atoms with E-state index in [1.807, 2.05) is 0 Å². The van der Waals surface area contributed by atoms with Crippen molar-refractivity contribution < 1.29 is 26.4 Å². The van der Waals surface area contributed by atoms with Crippen molar-refractivity contribution in [2.45, 2.75) is 19.1 Å². The van der Waals surface area contributed by atoms with Crippen molar-refractivity contribution in [3.8, 4) is 0 Å². The molecule has 0 bridgehead atoms. The molecule has 0 atom stereocenters. The van der Waals surface area contributed by atoms with E-state index in [4.69, 9.17) is 0 Å². The third kappa shape index (κ3) is 5.05. The fraction of sp³-hybridized carbons (Fsp3) is 0.571. The van der Waals surface area contributed by atoms with Crippen LogP contribution in [0.1, 0.15) is 12.0 Å². The van der Waals surface area contributed by atoms with Crippen molar-refractivity contribution in [2.75, 3.05) is 32.4 Å². The van der Waals surface area contributed by atoms with Crippen LogP contribution in [0.15, 0.2) is 23.1 Å². The van der Waals surface area contributed by atoms with Gasteiger partial charge in [0.2, 0.25) is 15.9 Å². The van der Waals surface area contributed by atoms with Crippen LogP contribution in [0.2, 0.25) is 0 Å². The van der Waals surface area contributed by atoms with Gasteiger partial charge in [-0.2, -0.15) is 13.2 Å². The Morgan fingerprint density at radius 3 is 2.44 bits per heavy atom. The van der Waals surface area contributed by atoms with Crippen LogP contribution < -0.4 is 5.56 Å². The summed E-state index contributed by atoms with van der Waals surface area (Å²) in [5.74, 6) is -0.531. The molecule has 0 aliphatic carbocycles. The van der Waals surface area contributed by atoms with E-state index in [0.717, 1.165) is 12.3 Å². The number of sulfonamides is 1. The van der Waals surface area contributed by atoms with Gasteiger partial charge in [-0.05, 0) is 12.5 Å². The third-order valence-corrected chi connectivity index (χ3v) is 5.20. The van der Waals surface area contributed by atoms with Gasteiger partial charge in [-0.25, -0.2) is 12.7 Å². The Morgan fingerprint density at radius 1 is 1.16 bits per heavy atom. The zero-order valence-electron chi connectivity index (χ0n) is 13.5. The highest BCUT2D eigenvalue weighted by Gasteiger charge is 2.31. The van der Waals surface area contributed by atoms with E-state index in [9.17, 15) is 31.2 Å². The monoisotopic (exact) mass is 381 g/mol. The summed E-state index contributed by atoms with van der Waals surface area (Å²) < 4.78 is 63.2. The highest BCUT2D eigenvalue weighted by Crippen LogP contribution is 2.28. The average Bonchev–Trinajstić information content (AvgIpc) is 2.74. The molecule has 1 saturated heterocycles. The summed E-state index contributed by atoms with van der Waals surface area (Å²) in [6.45, 7) is 0.258. The summed E-state index contributed by atoms with van der Waals surface area (Å²) in [6, 6.07) is 1.43. The average molecular weight is 381 g/mol. The van der Waals surface area contributed by atoms with Crippen LogP contribution in [0.3, 0.4) is 0 Å². The Balaban J connectivity index is 2.11. The van der Waals surface area contributed by atoms with Crippen LogP contribution >= 0.6 is 0 Å². The molecular weight excluding hydrogens is 363 g/mol. The molecule has 1 aliphatic heterocycles. The first kappa shape index (κ1) is 19.4. The number of amides is 1. The van der Waals surface area contributed by atoms with E-state index >= 15 is 0 Å². The number of carbonyl (C=O) groups is 1. The van der Waals surface area contributed by atoms with Crippen LogP contribution in [0, 0.1) is 0 Å².